The smallest absolute Gasteiger partial charge is 0.134 e. The first kappa shape index (κ1) is 13.8. The van der Waals surface area contributed by atoms with Gasteiger partial charge in [-0.05, 0) is 68.0 Å². The number of benzene rings is 1. The molecule has 1 aliphatic carbocycles. The van der Waals surface area contributed by atoms with Gasteiger partial charge >= 0.3 is 0 Å². The summed E-state index contributed by atoms with van der Waals surface area (Å²) in [5, 5.41) is 19.6. The van der Waals surface area contributed by atoms with E-state index in [9.17, 15) is 10.4 Å². The van der Waals surface area contributed by atoms with Crippen molar-refractivity contribution < 1.29 is 5.11 Å². The van der Waals surface area contributed by atoms with Gasteiger partial charge in [-0.3, -0.25) is 0 Å². The van der Waals surface area contributed by atoms with E-state index in [1.54, 1.807) is 23.5 Å². The fourth-order valence-corrected chi connectivity index (χ4v) is 3.93. The molecule has 21 heavy (non-hydrogen) atoms. The molecule has 1 aliphatic rings. The predicted molar refractivity (Wildman–Crippen MR) is 85.7 cm³/mol. The molecule has 1 N–H and O–H groups in total. The van der Waals surface area contributed by atoms with Crippen LogP contribution in [0.15, 0.2) is 29.3 Å². The van der Waals surface area contributed by atoms with Crippen LogP contribution in [0, 0.1) is 11.3 Å². The summed E-state index contributed by atoms with van der Waals surface area (Å²) in [6.45, 7) is 1.94. The zero-order chi connectivity index (χ0) is 14.8. The lowest BCUT2D eigenvalue weighted by Gasteiger charge is -2.09. The van der Waals surface area contributed by atoms with E-state index >= 15 is 0 Å². The van der Waals surface area contributed by atoms with E-state index in [4.69, 9.17) is 0 Å². The molecular weight excluding hydrogens is 280 g/mol. The zero-order valence-corrected chi connectivity index (χ0v) is 12.7. The van der Waals surface area contributed by atoms with Crippen molar-refractivity contribution in [1.82, 2.24) is 0 Å². The third kappa shape index (κ3) is 2.70. The number of nitriles is 1. The summed E-state index contributed by atoms with van der Waals surface area (Å²) in [7, 11) is 0. The summed E-state index contributed by atoms with van der Waals surface area (Å²) >= 11 is 1.65. The van der Waals surface area contributed by atoms with Gasteiger partial charge in [0.25, 0.3) is 0 Å². The van der Waals surface area contributed by atoms with E-state index < -0.39 is 0 Å². The van der Waals surface area contributed by atoms with Crippen LogP contribution in [-0.4, -0.2) is 10.8 Å². The summed E-state index contributed by atoms with van der Waals surface area (Å²) in [4.78, 5) is 5.99. The molecule has 1 aromatic carbocycles. The van der Waals surface area contributed by atoms with Gasteiger partial charge in [-0.2, -0.15) is 5.26 Å². The lowest BCUT2D eigenvalue weighted by atomic mass is 9.96. The van der Waals surface area contributed by atoms with Gasteiger partial charge in [-0.1, -0.05) is 0 Å². The van der Waals surface area contributed by atoms with Gasteiger partial charge in [0.2, 0.25) is 0 Å². The first-order chi connectivity index (χ1) is 10.2. The molecule has 0 bridgehead atoms. The largest absolute Gasteiger partial charge is 0.508 e. The van der Waals surface area contributed by atoms with E-state index in [1.807, 2.05) is 19.1 Å². The fourth-order valence-electron chi connectivity index (χ4n) is 2.67. The average Bonchev–Trinajstić information content (AvgIpc) is 2.84. The number of phenols is 1. The number of rotatable bonds is 2. The van der Waals surface area contributed by atoms with Crippen LogP contribution in [0.1, 0.15) is 41.3 Å². The molecule has 0 saturated carbocycles. The predicted octanol–water partition coefficient (Wildman–Crippen LogP) is 4.34. The number of hydrogen-bond acceptors (Lipinski definition) is 4. The molecule has 106 valence electrons. The van der Waals surface area contributed by atoms with Crippen LogP contribution in [0.2, 0.25) is 0 Å². The second-order valence-electron chi connectivity index (χ2n) is 5.25. The van der Waals surface area contributed by atoms with Crippen molar-refractivity contribution in [3.63, 3.8) is 0 Å². The Balaban J connectivity index is 2.01. The Hall–Kier alpha value is -2.12. The third-order valence-corrected chi connectivity index (χ3v) is 5.00. The molecule has 0 radical (unpaired) electrons. The van der Waals surface area contributed by atoms with Crippen LogP contribution in [0.4, 0.5) is 5.00 Å². The first-order valence-corrected chi connectivity index (χ1v) is 7.90. The standard InChI is InChI=1S/C17H16N2OS/c1-11(12-6-8-13(20)9-7-12)19-17-15(10-18)14-4-2-3-5-16(14)21-17/h6-9,20H,2-5H2,1H3/b19-11+. The minimum absolute atomic E-state index is 0.246. The lowest BCUT2D eigenvalue weighted by Crippen LogP contribution is -1.99. The molecule has 0 atom stereocenters. The molecule has 3 nitrogen and oxygen atoms in total. The molecule has 0 fully saturated rings. The highest BCUT2D eigenvalue weighted by Crippen LogP contribution is 2.39. The van der Waals surface area contributed by atoms with Crippen LogP contribution in [0.25, 0.3) is 0 Å². The lowest BCUT2D eigenvalue weighted by molar-refractivity contribution is 0.475. The fraction of sp³-hybridized carbons (Fsp3) is 0.294. The SMILES string of the molecule is C/C(=N\c1sc2c(c1C#N)CCCC2)c1ccc(O)cc1. The number of aryl methyl sites for hydroxylation is 1. The number of aromatic hydroxyl groups is 1. The Morgan fingerprint density at radius 2 is 1.95 bits per heavy atom. The molecule has 1 aromatic heterocycles. The van der Waals surface area contributed by atoms with Gasteiger partial charge in [0.1, 0.15) is 16.8 Å². The van der Waals surface area contributed by atoms with Crippen LogP contribution < -0.4 is 0 Å². The monoisotopic (exact) mass is 296 g/mol. The molecule has 0 aliphatic heterocycles. The van der Waals surface area contributed by atoms with E-state index in [-0.39, 0.29) is 5.75 Å². The summed E-state index contributed by atoms with van der Waals surface area (Å²) in [6, 6.07) is 9.32. The minimum Gasteiger partial charge on any atom is -0.508 e. The van der Waals surface area contributed by atoms with Crippen LogP contribution in [0.5, 0.6) is 5.75 Å². The van der Waals surface area contributed by atoms with Crippen molar-refractivity contribution in [2.45, 2.75) is 32.6 Å². The Morgan fingerprint density at radius 3 is 2.67 bits per heavy atom. The van der Waals surface area contributed by atoms with Gasteiger partial charge in [0, 0.05) is 10.6 Å². The first-order valence-electron chi connectivity index (χ1n) is 7.08. The molecule has 0 saturated heterocycles. The van der Waals surface area contributed by atoms with Crippen LogP contribution in [-0.2, 0) is 12.8 Å². The molecule has 3 rings (SSSR count). The number of nitrogens with zero attached hydrogens (tertiary/aromatic N) is 2. The molecule has 0 spiro atoms. The number of aliphatic imine (C=N–C) groups is 1. The van der Waals surface area contributed by atoms with Crippen molar-refractivity contribution in [3.05, 3.63) is 45.8 Å². The number of hydrogen-bond donors (Lipinski definition) is 1. The number of thiophene rings is 1. The van der Waals surface area contributed by atoms with Gasteiger partial charge in [-0.25, -0.2) is 4.99 Å². The quantitative estimate of drug-likeness (QED) is 0.838. The summed E-state index contributed by atoms with van der Waals surface area (Å²) in [6.07, 6.45) is 4.45. The summed E-state index contributed by atoms with van der Waals surface area (Å²) in [5.41, 5.74) is 3.80. The second kappa shape index (κ2) is 5.71. The third-order valence-electron chi connectivity index (χ3n) is 3.82. The minimum atomic E-state index is 0.246. The van der Waals surface area contributed by atoms with Crippen molar-refractivity contribution in [2.75, 3.05) is 0 Å². The van der Waals surface area contributed by atoms with Crippen molar-refractivity contribution in [3.8, 4) is 11.8 Å². The average molecular weight is 296 g/mol. The van der Waals surface area contributed by atoms with E-state index in [0.29, 0.717) is 0 Å². The normalized spacial score (nSPS) is 14.6. The van der Waals surface area contributed by atoms with Crippen LogP contribution in [0.3, 0.4) is 0 Å². The van der Waals surface area contributed by atoms with Crippen molar-refractivity contribution in [2.24, 2.45) is 4.99 Å². The molecule has 1 heterocycles. The number of phenolic OH excluding ortho intramolecular Hbond substituents is 1. The molecule has 0 amide bonds. The zero-order valence-electron chi connectivity index (χ0n) is 11.9. The Morgan fingerprint density at radius 1 is 1.24 bits per heavy atom. The highest BCUT2D eigenvalue weighted by molar-refractivity contribution is 7.16. The number of fused-ring (bicyclic) bond motifs is 1. The molecule has 4 heteroatoms. The molecule has 0 unspecified atom stereocenters. The van der Waals surface area contributed by atoms with Crippen LogP contribution >= 0.6 is 11.3 Å². The van der Waals surface area contributed by atoms with Crippen molar-refractivity contribution in [1.29, 1.82) is 5.26 Å². The summed E-state index contributed by atoms with van der Waals surface area (Å²) < 4.78 is 0. The van der Waals surface area contributed by atoms with E-state index in [0.717, 1.165) is 34.7 Å². The highest BCUT2D eigenvalue weighted by Gasteiger charge is 2.20. The summed E-state index contributed by atoms with van der Waals surface area (Å²) in [5.74, 6) is 0.246. The van der Waals surface area contributed by atoms with Crippen molar-refractivity contribution >= 4 is 22.0 Å². The molecular formula is C17H16N2OS. The topological polar surface area (TPSA) is 56.4 Å². The van der Waals surface area contributed by atoms with Gasteiger partial charge in [0.05, 0.1) is 5.56 Å². The van der Waals surface area contributed by atoms with Gasteiger partial charge in [-0.15, -0.1) is 11.3 Å². The molecule has 2 aromatic rings. The van der Waals surface area contributed by atoms with Gasteiger partial charge in [0.15, 0.2) is 0 Å². The maximum atomic E-state index is 9.44. The maximum Gasteiger partial charge on any atom is 0.134 e. The Bertz CT molecular complexity index is 735. The Labute approximate surface area is 128 Å². The second-order valence-corrected chi connectivity index (χ2v) is 6.33. The highest BCUT2D eigenvalue weighted by atomic mass is 32.1. The van der Waals surface area contributed by atoms with E-state index in [2.05, 4.69) is 11.1 Å². The maximum absolute atomic E-state index is 9.44. The Kier molecular flexibility index (Phi) is 3.76. The van der Waals surface area contributed by atoms with E-state index in [1.165, 1.54) is 23.3 Å². The van der Waals surface area contributed by atoms with Gasteiger partial charge < -0.3 is 5.11 Å².